The maximum atomic E-state index is 13.2. The van der Waals surface area contributed by atoms with E-state index in [4.69, 9.17) is 4.74 Å². The van der Waals surface area contributed by atoms with E-state index >= 15 is 0 Å². The van der Waals surface area contributed by atoms with Crippen molar-refractivity contribution in [2.45, 2.75) is 30.7 Å². The van der Waals surface area contributed by atoms with Crippen molar-refractivity contribution in [2.24, 2.45) is 0 Å². The number of sulfone groups is 1. The summed E-state index contributed by atoms with van der Waals surface area (Å²) in [6.07, 6.45) is 3.39. The number of aromatic nitrogens is 2. The number of hydrogen-bond donors (Lipinski definition) is 0. The molecule has 0 N–H and O–H groups in total. The number of aryl methyl sites for hydroxylation is 1. The molecule has 2 aliphatic rings. The van der Waals surface area contributed by atoms with Crippen molar-refractivity contribution in [1.82, 2.24) is 19.8 Å². The lowest BCUT2D eigenvalue weighted by Gasteiger charge is -2.29. The molecule has 2 aliphatic heterocycles. The molecule has 166 valence electrons. The Kier molecular flexibility index (Phi) is 6.64. The van der Waals surface area contributed by atoms with Gasteiger partial charge in [0.25, 0.3) is 5.91 Å². The second kappa shape index (κ2) is 9.42. The second-order valence-corrected chi connectivity index (χ2v) is 10.1. The van der Waals surface area contributed by atoms with Gasteiger partial charge in [-0.25, -0.2) is 18.4 Å². The highest BCUT2D eigenvalue weighted by Gasteiger charge is 2.33. The average Bonchev–Trinajstić information content (AvgIpc) is 3.27. The first-order chi connectivity index (χ1) is 15.0. The van der Waals surface area contributed by atoms with Crippen molar-refractivity contribution in [3.05, 3.63) is 53.6 Å². The molecule has 0 bridgehead atoms. The van der Waals surface area contributed by atoms with Crippen LogP contribution in [0, 0.1) is 6.92 Å². The van der Waals surface area contributed by atoms with E-state index in [1.165, 1.54) is 0 Å². The molecule has 2 fully saturated rings. The summed E-state index contributed by atoms with van der Waals surface area (Å²) in [6, 6.07) is 8.44. The summed E-state index contributed by atoms with van der Waals surface area (Å²) in [4.78, 5) is 26.3. The third-order valence-corrected chi connectivity index (χ3v) is 7.61. The van der Waals surface area contributed by atoms with Gasteiger partial charge in [-0.3, -0.25) is 9.69 Å². The highest BCUT2D eigenvalue weighted by Crippen LogP contribution is 2.33. The third kappa shape index (κ3) is 4.94. The quantitative estimate of drug-likeness (QED) is 0.671. The van der Waals surface area contributed by atoms with E-state index < -0.39 is 9.84 Å². The molecule has 0 saturated carbocycles. The van der Waals surface area contributed by atoms with Gasteiger partial charge in [-0.15, -0.1) is 0 Å². The lowest BCUT2D eigenvalue weighted by atomic mass is 10.0. The number of morpholine rings is 1. The van der Waals surface area contributed by atoms with Crippen LogP contribution >= 0.6 is 0 Å². The van der Waals surface area contributed by atoms with Gasteiger partial charge in [-0.2, -0.15) is 0 Å². The molecule has 3 heterocycles. The Morgan fingerprint density at radius 3 is 2.65 bits per heavy atom. The largest absolute Gasteiger partial charge is 0.378 e. The Labute approximate surface area is 183 Å². The molecule has 2 saturated heterocycles. The zero-order valence-corrected chi connectivity index (χ0v) is 18.6. The average molecular weight is 445 g/mol. The van der Waals surface area contributed by atoms with Crippen LogP contribution in [0.5, 0.6) is 0 Å². The van der Waals surface area contributed by atoms with Gasteiger partial charge in [-0.05, 0) is 38.4 Å². The van der Waals surface area contributed by atoms with Crippen molar-refractivity contribution < 1.29 is 17.9 Å². The fraction of sp³-hybridized carbons (Fsp3) is 0.500. The second-order valence-electron chi connectivity index (χ2n) is 7.95. The molecule has 1 amide bonds. The standard InChI is InChI=1S/C22H28N4O4S/c1-17-23-16-19(22(27)26-10-13-30-14-11-26)21(24-17)20-8-5-9-25(20)12-15-31(28,29)18-6-3-2-4-7-18/h2-4,6-7,16,20H,5,8-15H2,1H3/t20-/m0/s1. The number of hydrogen-bond acceptors (Lipinski definition) is 7. The maximum absolute atomic E-state index is 13.2. The molecule has 8 nitrogen and oxygen atoms in total. The lowest BCUT2D eigenvalue weighted by Crippen LogP contribution is -2.41. The van der Waals surface area contributed by atoms with Crippen molar-refractivity contribution in [2.75, 3.05) is 45.1 Å². The monoisotopic (exact) mass is 444 g/mol. The molecule has 1 aromatic heterocycles. The van der Waals surface area contributed by atoms with Crippen LogP contribution in [0.15, 0.2) is 41.4 Å². The number of carbonyl (C=O) groups excluding carboxylic acids is 1. The summed E-state index contributed by atoms with van der Waals surface area (Å²) in [5.74, 6) is 0.559. The molecule has 4 rings (SSSR count). The molecule has 0 radical (unpaired) electrons. The highest BCUT2D eigenvalue weighted by atomic mass is 32.2. The number of rotatable bonds is 6. The van der Waals surface area contributed by atoms with Gasteiger partial charge in [0, 0.05) is 25.8 Å². The number of amides is 1. The zero-order chi connectivity index (χ0) is 21.8. The SMILES string of the molecule is Cc1ncc(C(=O)N2CCOCC2)c([C@@H]2CCCN2CCS(=O)(=O)c2ccccc2)n1. The summed E-state index contributed by atoms with van der Waals surface area (Å²) in [5.41, 5.74) is 1.22. The van der Waals surface area contributed by atoms with Gasteiger partial charge >= 0.3 is 0 Å². The molecule has 1 aromatic carbocycles. The van der Waals surface area contributed by atoms with E-state index in [1.54, 1.807) is 41.4 Å². The van der Waals surface area contributed by atoms with E-state index in [2.05, 4.69) is 14.9 Å². The van der Waals surface area contributed by atoms with Crippen LogP contribution < -0.4 is 0 Å². The van der Waals surface area contributed by atoms with Gasteiger partial charge in [0.05, 0.1) is 41.2 Å². The highest BCUT2D eigenvalue weighted by molar-refractivity contribution is 7.91. The predicted molar refractivity (Wildman–Crippen MR) is 116 cm³/mol. The van der Waals surface area contributed by atoms with E-state index in [9.17, 15) is 13.2 Å². The Morgan fingerprint density at radius 1 is 1.16 bits per heavy atom. The molecular formula is C22H28N4O4S. The number of benzene rings is 1. The fourth-order valence-electron chi connectivity index (χ4n) is 4.23. The molecule has 9 heteroatoms. The first kappa shape index (κ1) is 21.9. The van der Waals surface area contributed by atoms with Crippen molar-refractivity contribution >= 4 is 15.7 Å². The number of likely N-dealkylation sites (tertiary alicyclic amines) is 1. The third-order valence-electron chi connectivity index (χ3n) is 5.90. The Bertz CT molecular complexity index is 1020. The van der Waals surface area contributed by atoms with Crippen molar-refractivity contribution in [3.8, 4) is 0 Å². The Balaban J connectivity index is 1.54. The van der Waals surface area contributed by atoms with Crippen LogP contribution in [0.1, 0.15) is 40.8 Å². The normalized spacial score (nSPS) is 20.2. The minimum atomic E-state index is -3.37. The summed E-state index contributed by atoms with van der Waals surface area (Å²) in [6.45, 7) is 5.15. The maximum Gasteiger partial charge on any atom is 0.257 e. The molecule has 2 aromatic rings. The van der Waals surface area contributed by atoms with Crippen LogP contribution in [0.4, 0.5) is 0 Å². The van der Waals surface area contributed by atoms with Crippen molar-refractivity contribution in [1.29, 1.82) is 0 Å². The topological polar surface area (TPSA) is 92.7 Å². The molecule has 0 unspecified atom stereocenters. The summed E-state index contributed by atoms with van der Waals surface area (Å²) in [7, 11) is -3.37. The minimum absolute atomic E-state index is 0.0321. The van der Waals surface area contributed by atoms with Gasteiger partial charge in [-0.1, -0.05) is 18.2 Å². The van der Waals surface area contributed by atoms with Gasteiger partial charge in [0.1, 0.15) is 5.82 Å². The Morgan fingerprint density at radius 2 is 1.90 bits per heavy atom. The number of nitrogens with zero attached hydrogens (tertiary/aromatic N) is 4. The first-order valence-corrected chi connectivity index (χ1v) is 12.3. The van der Waals surface area contributed by atoms with Crippen LogP contribution in [-0.4, -0.2) is 79.2 Å². The van der Waals surface area contributed by atoms with Gasteiger partial charge in [0.15, 0.2) is 9.84 Å². The van der Waals surface area contributed by atoms with Crippen LogP contribution in [-0.2, 0) is 14.6 Å². The summed E-state index contributed by atoms with van der Waals surface area (Å²) in [5, 5.41) is 0. The molecule has 0 spiro atoms. The minimum Gasteiger partial charge on any atom is -0.378 e. The van der Waals surface area contributed by atoms with Crippen LogP contribution in [0.3, 0.4) is 0 Å². The molecule has 1 atom stereocenters. The predicted octanol–water partition coefficient (Wildman–Crippen LogP) is 1.87. The fourth-order valence-corrected chi connectivity index (χ4v) is 5.51. The molecule has 0 aliphatic carbocycles. The first-order valence-electron chi connectivity index (χ1n) is 10.7. The Hall–Kier alpha value is -2.36. The molecule has 31 heavy (non-hydrogen) atoms. The smallest absolute Gasteiger partial charge is 0.257 e. The number of carbonyl (C=O) groups is 1. The van der Waals surface area contributed by atoms with Gasteiger partial charge in [0.2, 0.25) is 0 Å². The lowest BCUT2D eigenvalue weighted by molar-refractivity contribution is 0.0300. The van der Waals surface area contributed by atoms with Crippen LogP contribution in [0.25, 0.3) is 0 Å². The van der Waals surface area contributed by atoms with E-state index in [1.807, 2.05) is 6.92 Å². The summed E-state index contributed by atoms with van der Waals surface area (Å²) < 4.78 is 30.8. The molecular weight excluding hydrogens is 416 g/mol. The van der Waals surface area contributed by atoms with E-state index in [-0.39, 0.29) is 17.7 Å². The van der Waals surface area contributed by atoms with E-state index in [0.717, 1.165) is 19.4 Å². The van der Waals surface area contributed by atoms with Crippen LogP contribution in [0.2, 0.25) is 0 Å². The summed E-state index contributed by atoms with van der Waals surface area (Å²) >= 11 is 0. The van der Waals surface area contributed by atoms with Gasteiger partial charge < -0.3 is 9.64 Å². The number of ether oxygens (including phenoxy) is 1. The zero-order valence-electron chi connectivity index (χ0n) is 17.7. The van der Waals surface area contributed by atoms with E-state index in [0.29, 0.717) is 54.8 Å². The van der Waals surface area contributed by atoms with Crippen molar-refractivity contribution in [3.63, 3.8) is 0 Å².